The fourth-order valence-corrected chi connectivity index (χ4v) is 5.02. The number of carboxylic acid groups (broad SMARTS) is 1. The van der Waals surface area contributed by atoms with Gasteiger partial charge in [0, 0.05) is 17.8 Å². The molecule has 0 spiro atoms. The number of hydrogen-bond acceptors (Lipinski definition) is 7. The first-order valence-electron chi connectivity index (χ1n) is 9.60. The van der Waals surface area contributed by atoms with Crippen LogP contribution in [0.5, 0.6) is 5.88 Å². The molecule has 2 aromatic heterocycles. The van der Waals surface area contributed by atoms with Crippen LogP contribution in [-0.4, -0.2) is 46.7 Å². The van der Waals surface area contributed by atoms with Crippen LogP contribution in [-0.2, 0) is 9.84 Å². The van der Waals surface area contributed by atoms with Crippen LogP contribution in [0.2, 0.25) is 0 Å². The average molecular weight is 433 g/mol. The summed E-state index contributed by atoms with van der Waals surface area (Å²) in [6.07, 6.45) is 3.69. The van der Waals surface area contributed by atoms with E-state index < -0.39 is 27.0 Å². The van der Waals surface area contributed by atoms with Crippen LogP contribution in [0.1, 0.15) is 60.2 Å². The molecule has 2 N–H and O–H groups in total. The number of carbonyl (C=O) groups excluding carboxylic acids is 1. The molecule has 0 atom stereocenters. The highest BCUT2D eigenvalue weighted by atomic mass is 32.2. The second kappa shape index (κ2) is 8.78. The third kappa shape index (κ3) is 4.93. The number of carbonyl (C=O) groups is 2. The lowest BCUT2D eigenvalue weighted by Crippen LogP contribution is -2.21. The van der Waals surface area contributed by atoms with Gasteiger partial charge in [0.2, 0.25) is 5.88 Å². The van der Waals surface area contributed by atoms with Gasteiger partial charge in [-0.2, -0.15) is 0 Å². The first-order valence-corrected chi connectivity index (χ1v) is 11.1. The minimum atomic E-state index is -3.69. The van der Waals surface area contributed by atoms with E-state index in [1.54, 1.807) is 13.8 Å². The number of aromatic carboxylic acids is 1. The molecule has 0 saturated heterocycles. The Morgan fingerprint density at radius 3 is 2.43 bits per heavy atom. The van der Waals surface area contributed by atoms with E-state index in [9.17, 15) is 18.0 Å². The summed E-state index contributed by atoms with van der Waals surface area (Å²) >= 11 is 0. The summed E-state index contributed by atoms with van der Waals surface area (Å²) in [5.41, 5.74) is 0.0378. The molecule has 0 aliphatic heterocycles. The zero-order valence-electron chi connectivity index (χ0n) is 16.7. The molecule has 3 rings (SSSR count). The van der Waals surface area contributed by atoms with Crippen LogP contribution in [0.3, 0.4) is 0 Å². The van der Waals surface area contributed by atoms with E-state index in [4.69, 9.17) is 9.84 Å². The Morgan fingerprint density at radius 1 is 1.17 bits per heavy atom. The molecule has 2 heterocycles. The summed E-state index contributed by atoms with van der Waals surface area (Å²) in [6, 6.07) is 5.27. The highest BCUT2D eigenvalue weighted by Crippen LogP contribution is 2.30. The monoisotopic (exact) mass is 433 g/mol. The Bertz CT molecular complexity index is 1040. The van der Waals surface area contributed by atoms with Crippen LogP contribution in [0.4, 0.5) is 5.82 Å². The first kappa shape index (κ1) is 21.7. The van der Waals surface area contributed by atoms with Crippen LogP contribution >= 0.6 is 0 Å². The standard InChI is InChI=1S/C20H23N3O6S/c1-12(2)29-17-9-14(10-18(23-17)30(27,28)15-5-3-4-6-15)19(24)22-16-8-7-13(11-21-16)20(25)26/h7-12,15H,3-6H2,1-2H3,(H,25,26)(H,21,22,24). The maximum Gasteiger partial charge on any atom is 0.337 e. The van der Waals surface area contributed by atoms with E-state index in [-0.39, 0.29) is 34.0 Å². The minimum Gasteiger partial charge on any atom is -0.478 e. The number of hydrogen-bond donors (Lipinski definition) is 2. The van der Waals surface area contributed by atoms with Crippen molar-refractivity contribution in [1.82, 2.24) is 9.97 Å². The van der Waals surface area contributed by atoms with E-state index >= 15 is 0 Å². The molecule has 10 heteroatoms. The molecule has 9 nitrogen and oxygen atoms in total. The van der Waals surface area contributed by atoms with Gasteiger partial charge in [-0.25, -0.2) is 23.2 Å². The zero-order valence-corrected chi connectivity index (χ0v) is 17.5. The van der Waals surface area contributed by atoms with Crippen LogP contribution < -0.4 is 10.1 Å². The van der Waals surface area contributed by atoms with E-state index in [0.717, 1.165) is 19.0 Å². The number of sulfone groups is 1. The van der Waals surface area contributed by atoms with Crippen LogP contribution in [0.15, 0.2) is 35.5 Å². The Balaban J connectivity index is 1.92. The zero-order chi connectivity index (χ0) is 21.9. The lowest BCUT2D eigenvalue weighted by molar-refractivity contribution is 0.0696. The number of amides is 1. The van der Waals surface area contributed by atoms with Gasteiger partial charge >= 0.3 is 5.97 Å². The molecule has 1 fully saturated rings. The number of carboxylic acids is 1. The van der Waals surface area contributed by atoms with Gasteiger partial charge in [-0.3, -0.25) is 4.79 Å². The van der Waals surface area contributed by atoms with Crippen molar-refractivity contribution in [2.45, 2.75) is 55.9 Å². The van der Waals surface area contributed by atoms with Crippen molar-refractivity contribution < 1.29 is 27.9 Å². The lowest BCUT2D eigenvalue weighted by atomic mass is 10.2. The SMILES string of the molecule is CC(C)Oc1cc(C(=O)Nc2ccc(C(=O)O)cn2)cc(S(=O)(=O)C2CCCC2)n1. The van der Waals surface area contributed by atoms with Gasteiger partial charge in [-0.1, -0.05) is 12.8 Å². The summed E-state index contributed by atoms with van der Waals surface area (Å²) in [5.74, 6) is -1.56. The second-order valence-corrected chi connectivity index (χ2v) is 9.52. The fourth-order valence-electron chi connectivity index (χ4n) is 3.21. The van der Waals surface area contributed by atoms with Gasteiger partial charge in [-0.05, 0) is 44.9 Å². The molecule has 2 aromatic rings. The Hall–Kier alpha value is -3.01. The normalized spacial score (nSPS) is 14.6. The van der Waals surface area contributed by atoms with Crippen molar-refractivity contribution in [1.29, 1.82) is 0 Å². The van der Waals surface area contributed by atoms with E-state index in [1.165, 1.54) is 24.3 Å². The summed E-state index contributed by atoms with van der Waals surface area (Å²) in [6.45, 7) is 3.54. The van der Waals surface area contributed by atoms with Crippen molar-refractivity contribution in [2.24, 2.45) is 0 Å². The molecule has 1 aliphatic rings. The van der Waals surface area contributed by atoms with Crippen LogP contribution in [0, 0.1) is 0 Å². The molecular weight excluding hydrogens is 410 g/mol. The smallest absolute Gasteiger partial charge is 0.337 e. The molecule has 0 aromatic carbocycles. The van der Waals surface area contributed by atoms with E-state index in [0.29, 0.717) is 12.8 Å². The summed E-state index contributed by atoms with van der Waals surface area (Å²) in [7, 11) is -3.69. The molecule has 30 heavy (non-hydrogen) atoms. The van der Waals surface area contributed by atoms with Crippen molar-refractivity contribution >= 4 is 27.5 Å². The Labute approximate surface area is 174 Å². The summed E-state index contributed by atoms with van der Waals surface area (Å²) in [4.78, 5) is 31.7. The predicted molar refractivity (Wildman–Crippen MR) is 109 cm³/mol. The summed E-state index contributed by atoms with van der Waals surface area (Å²) < 4.78 is 31.5. The van der Waals surface area contributed by atoms with Gasteiger partial charge in [0.25, 0.3) is 5.91 Å². The van der Waals surface area contributed by atoms with Crippen molar-refractivity contribution in [2.75, 3.05) is 5.32 Å². The number of nitrogens with zero attached hydrogens (tertiary/aromatic N) is 2. The van der Waals surface area contributed by atoms with Crippen molar-refractivity contribution in [3.8, 4) is 5.88 Å². The maximum atomic E-state index is 13.0. The predicted octanol–water partition coefficient (Wildman–Crippen LogP) is 2.93. The molecule has 1 amide bonds. The number of ether oxygens (including phenoxy) is 1. The molecule has 0 radical (unpaired) electrons. The highest BCUT2D eigenvalue weighted by molar-refractivity contribution is 7.92. The van der Waals surface area contributed by atoms with Gasteiger partial charge in [0.15, 0.2) is 14.9 Å². The van der Waals surface area contributed by atoms with Crippen LogP contribution in [0.25, 0.3) is 0 Å². The quantitative estimate of drug-likeness (QED) is 0.680. The van der Waals surface area contributed by atoms with Gasteiger partial charge in [0.05, 0.1) is 16.9 Å². The third-order valence-electron chi connectivity index (χ3n) is 4.68. The Kier molecular flexibility index (Phi) is 6.35. The number of nitrogens with one attached hydrogen (secondary N) is 1. The largest absolute Gasteiger partial charge is 0.478 e. The molecule has 0 bridgehead atoms. The molecule has 1 aliphatic carbocycles. The average Bonchev–Trinajstić information content (AvgIpc) is 3.23. The minimum absolute atomic E-state index is 0.0190. The Morgan fingerprint density at radius 2 is 1.87 bits per heavy atom. The third-order valence-corrected chi connectivity index (χ3v) is 6.82. The van der Waals surface area contributed by atoms with E-state index in [2.05, 4.69) is 15.3 Å². The molecule has 0 unspecified atom stereocenters. The maximum absolute atomic E-state index is 13.0. The number of pyridine rings is 2. The number of aromatic nitrogens is 2. The fraction of sp³-hybridized carbons (Fsp3) is 0.400. The molecule has 160 valence electrons. The first-order chi connectivity index (χ1) is 14.2. The molecular formula is C20H23N3O6S. The van der Waals surface area contributed by atoms with Gasteiger partial charge in [-0.15, -0.1) is 0 Å². The van der Waals surface area contributed by atoms with Crippen molar-refractivity contribution in [3.05, 3.63) is 41.6 Å². The molecule has 1 saturated carbocycles. The van der Waals surface area contributed by atoms with Gasteiger partial charge in [0.1, 0.15) is 5.82 Å². The highest BCUT2D eigenvalue weighted by Gasteiger charge is 2.32. The van der Waals surface area contributed by atoms with E-state index in [1.807, 2.05) is 0 Å². The topological polar surface area (TPSA) is 136 Å². The second-order valence-electron chi connectivity index (χ2n) is 7.34. The number of anilines is 1. The number of rotatable bonds is 7. The lowest BCUT2D eigenvalue weighted by Gasteiger charge is -2.15. The van der Waals surface area contributed by atoms with Gasteiger partial charge < -0.3 is 15.2 Å². The van der Waals surface area contributed by atoms with Crippen molar-refractivity contribution in [3.63, 3.8) is 0 Å². The summed E-state index contributed by atoms with van der Waals surface area (Å²) in [5, 5.41) is 10.8.